The fraction of sp³-hybridized carbons (Fsp3) is 0.400. The van der Waals surface area contributed by atoms with Gasteiger partial charge in [-0.1, -0.05) is 35.0 Å². The van der Waals surface area contributed by atoms with Crippen molar-refractivity contribution in [3.63, 3.8) is 0 Å². The van der Waals surface area contributed by atoms with Crippen molar-refractivity contribution < 1.29 is 0 Å². The topological polar surface area (TPSA) is 47.1 Å². The van der Waals surface area contributed by atoms with E-state index in [1.165, 1.54) is 5.56 Å². The average Bonchev–Trinajstić information content (AvgIpc) is 2.68. The van der Waals surface area contributed by atoms with Crippen LogP contribution in [0.3, 0.4) is 0 Å². The first kappa shape index (κ1) is 14.9. The van der Waals surface area contributed by atoms with Crippen LogP contribution in [0, 0.1) is 6.92 Å². The summed E-state index contributed by atoms with van der Waals surface area (Å²) in [6, 6.07) is 8.34. The molecular formula is C15H21BrN4. The number of nitrogens with zero attached hydrogens (tertiary/aromatic N) is 3. The van der Waals surface area contributed by atoms with Gasteiger partial charge in [0.25, 0.3) is 0 Å². The molecule has 20 heavy (non-hydrogen) atoms. The van der Waals surface area contributed by atoms with Gasteiger partial charge in [-0.3, -0.25) is 0 Å². The minimum Gasteiger partial charge on any atom is -0.394 e. The summed E-state index contributed by atoms with van der Waals surface area (Å²) in [5.74, 6) is 1.01. The van der Waals surface area contributed by atoms with Gasteiger partial charge in [-0.25, -0.2) is 4.68 Å². The van der Waals surface area contributed by atoms with E-state index >= 15 is 0 Å². The molecule has 2 rings (SSSR count). The normalized spacial score (nSPS) is 10.8. The van der Waals surface area contributed by atoms with Gasteiger partial charge in [0.2, 0.25) is 0 Å². The number of aryl methyl sites for hydroxylation is 2. The van der Waals surface area contributed by atoms with Crippen LogP contribution in [0.5, 0.6) is 0 Å². The summed E-state index contributed by atoms with van der Waals surface area (Å²) in [6.07, 6.45) is 1.04. The molecule has 0 amide bonds. The zero-order valence-electron chi connectivity index (χ0n) is 12.2. The number of anilines is 2. The predicted molar refractivity (Wildman–Crippen MR) is 87.9 cm³/mol. The van der Waals surface area contributed by atoms with E-state index in [1.54, 1.807) is 0 Å². The maximum Gasteiger partial charge on any atom is 0.150 e. The van der Waals surface area contributed by atoms with Crippen LogP contribution in [0.4, 0.5) is 11.5 Å². The van der Waals surface area contributed by atoms with Crippen molar-refractivity contribution in [2.24, 2.45) is 0 Å². The lowest BCUT2D eigenvalue weighted by Crippen LogP contribution is -2.21. The van der Waals surface area contributed by atoms with Crippen molar-refractivity contribution in [3.05, 3.63) is 40.0 Å². The Morgan fingerprint density at radius 1 is 1.30 bits per heavy atom. The number of hydrogen-bond acceptors (Lipinski definition) is 3. The van der Waals surface area contributed by atoms with Crippen LogP contribution in [-0.4, -0.2) is 16.8 Å². The maximum absolute atomic E-state index is 6.18. The molecule has 1 aromatic heterocycles. The second-order valence-corrected chi connectivity index (χ2v) is 5.94. The van der Waals surface area contributed by atoms with Gasteiger partial charge in [0.1, 0.15) is 0 Å². The second kappa shape index (κ2) is 6.31. The van der Waals surface area contributed by atoms with Gasteiger partial charge < -0.3 is 10.6 Å². The summed E-state index contributed by atoms with van der Waals surface area (Å²) in [6.45, 7) is 5.80. The molecule has 2 aromatic rings. The summed E-state index contributed by atoms with van der Waals surface area (Å²) < 4.78 is 3.10. The van der Waals surface area contributed by atoms with E-state index in [0.29, 0.717) is 0 Å². The van der Waals surface area contributed by atoms with Gasteiger partial charge in [-0.05, 0) is 31.0 Å². The first-order chi connectivity index (χ1) is 9.52. The lowest BCUT2D eigenvalue weighted by Gasteiger charge is -2.21. The summed E-state index contributed by atoms with van der Waals surface area (Å²) >= 11 is 3.46. The van der Waals surface area contributed by atoms with E-state index in [0.717, 1.165) is 41.2 Å². The van der Waals surface area contributed by atoms with Crippen molar-refractivity contribution in [3.8, 4) is 0 Å². The number of hydrogen-bond donors (Lipinski definition) is 1. The van der Waals surface area contributed by atoms with E-state index in [2.05, 4.69) is 64.2 Å². The quantitative estimate of drug-likeness (QED) is 0.907. The van der Waals surface area contributed by atoms with Crippen molar-refractivity contribution in [2.45, 2.75) is 33.4 Å². The third-order valence-electron chi connectivity index (χ3n) is 3.28. The summed E-state index contributed by atoms with van der Waals surface area (Å²) in [5.41, 5.74) is 9.10. The minimum absolute atomic E-state index is 0.776. The van der Waals surface area contributed by atoms with Crippen molar-refractivity contribution in [1.29, 1.82) is 0 Å². The smallest absolute Gasteiger partial charge is 0.150 e. The van der Waals surface area contributed by atoms with Crippen LogP contribution in [0.1, 0.15) is 24.6 Å². The molecule has 0 radical (unpaired) electrons. The van der Waals surface area contributed by atoms with Crippen molar-refractivity contribution >= 4 is 27.4 Å². The maximum atomic E-state index is 6.18. The molecule has 2 N–H and O–H groups in total. The Labute approximate surface area is 128 Å². The Morgan fingerprint density at radius 3 is 2.55 bits per heavy atom. The fourth-order valence-corrected chi connectivity index (χ4v) is 2.56. The number of nitrogen functional groups attached to an aromatic ring is 1. The molecule has 5 heteroatoms. The van der Waals surface area contributed by atoms with Gasteiger partial charge in [0.05, 0.1) is 11.4 Å². The average molecular weight is 337 g/mol. The summed E-state index contributed by atoms with van der Waals surface area (Å²) in [5, 5.41) is 4.52. The van der Waals surface area contributed by atoms with Gasteiger partial charge in [-0.2, -0.15) is 5.10 Å². The Morgan fingerprint density at radius 2 is 1.95 bits per heavy atom. The van der Waals surface area contributed by atoms with E-state index in [1.807, 2.05) is 11.6 Å². The molecule has 0 saturated carbocycles. The molecule has 4 nitrogen and oxygen atoms in total. The van der Waals surface area contributed by atoms with E-state index in [4.69, 9.17) is 5.73 Å². The van der Waals surface area contributed by atoms with Crippen LogP contribution in [-0.2, 0) is 13.1 Å². The SMILES string of the molecule is CCCn1nc(C)c(N)c1N(C)Cc1ccc(Br)cc1. The van der Waals surface area contributed by atoms with Crippen LogP contribution in [0.2, 0.25) is 0 Å². The Hall–Kier alpha value is -1.49. The first-order valence-corrected chi connectivity index (χ1v) is 7.60. The summed E-state index contributed by atoms with van der Waals surface area (Å²) in [7, 11) is 2.06. The molecular weight excluding hydrogens is 316 g/mol. The minimum atomic E-state index is 0.776. The highest BCUT2D eigenvalue weighted by molar-refractivity contribution is 9.10. The van der Waals surface area contributed by atoms with Crippen LogP contribution >= 0.6 is 15.9 Å². The highest BCUT2D eigenvalue weighted by atomic mass is 79.9. The van der Waals surface area contributed by atoms with Crippen LogP contribution in [0.25, 0.3) is 0 Å². The lowest BCUT2D eigenvalue weighted by molar-refractivity contribution is 0.591. The Balaban J connectivity index is 2.24. The van der Waals surface area contributed by atoms with Crippen LogP contribution < -0.4 is 10.6 Å². The molecule has 0 bridgehead atoms. The fourth-order valence-electron chi connectivity index (χ4n) is 2.29. The number of benzene rings is 1. The molecule has 0 saturated heterocycles. The number of rotatable bonds is 5. The number of nitrogens with two attached hydrogens (primary N) is 1. The third-order valence-corrected chi connectivity index (χ3v) is 3.80. The molecule has 0 atom stereocenters. The molecule has 1 heterocycles. The predicted octanol–water partition coefficient (Wildman–Crippen LogP) is 3.58. The highest BCUT2D eigenvalue weighted by Gasteiger charge is 2.16. The van der Waals surface area contributed by atoms with Gasteiger partial charge in [0, 0.05) is 24.6 Å². The lowest BCUT2D eigenvalue weighted by atomic mass is 10.2. The van der Waals surface area contributed by atoms with E-state index < -0.39 is 0 Å². The van der Waals surface area contributed by atoms with Gasteiger partial charge in [-0.15, -0.1) is 0 Å². The monoisotopic (exact) mass is 336 g/mol. The first-order valence-electron chi connectivity index (χ1n) is 6.81. The molecule has 0 aliphatic rings. The zero-order chi connectivity index (χ0) is 14.7. The highest BCUT2D eigenvalue weighted by Crippen LogP contribution is 2.27. The largest absolute Gasteiger partial charge is 0.394 e. The molecule has 0 unspecified atom stereocenters. The van der Waals surface area contributed by atoms with Crippen LogP contribution in [0.15, 0.2) is 28.7 Å². The van der Waals surface area contributed by atoms with Crippen molar-refractivity contribution in [2.75, 3.05) is 17.7 Å². The van der Waals surface area contributed by atoms with Crippen molar-refractivity contribution in [1.82, 2.24) is 9.78 Å². The molecule has 108 valence electrons. The van der Waals surface area contributed by atoms with E-state index in [9.17, 15) is 0 Å². The number of halogens is 1. The van der Waals surface area contributed by atoms with Gasteiger partial charge in [0.15, 0.2) is 5.82 Å². The third kappa shape index (κ3) is 3.15. The summed E-state index contributed by atoms with van der Waals surface area (Å²) in [4.78, 5) is 2.16. The zero-order valence-corrected chi connectivity index (χ0v) is 13.8. The molecule has 0 aliphatic heterocycles. The standard InChI is InChI=1S/C15H21BrN4/c1-4-9-20-15(14(17)11(2)18-20)19(3)10-12-5-7-13(16)8-6-12/h5-8H,4,9-10,17H2,1-3H3. The Kier molecular flexibility index (Phi) is 4.70. The Bertz CT molecular complexity index is 574. The molecule has 1 aromatic carbocycles. The molecule has 0 spiro atoms. The second-order valence-electron chi connectivity index (χ2n) is 5.03. The van der Waals surface area contributed by atoms with Gasteiger partial charge >= 0.3 is 0 Å². The number of aromatic nitrogens is 2. The molecule has 0 aliphatic carbocycles. The molecule has 0 fully saturated rings. The van der Waals surface area contributed by atoms with E-state index in [-0.39, 0.29) is 0 Å².